The molecule has 0 bridgehead atoms. The highest BCUT2D eigenvalue weighted by Gasteiger charge is 2.43. The maximum Gasteiger partial charge on any atom is 0.334 e. The normalized spacial score (nSPS) is 16.2. The van der Waals surface area contributed by atoms with E-state index in [1.54, 1.807) is 6.92 Å². The zero-order valence-corrected chi connectivity index (χ0v) is 13.6. The lowest BCUT2D eigenvalue weighted by Crippen LogP contribution is -2.41. The average Bonchev–Trinajstić information content (AvgIpc) is 2.65. The van der Waals surface area contributed by atoms with E-state index in [1.807, 2.05) is 24.3 Å². The maximum absolute atomic E-state index is 12.0. The third kappa shape index (κ3) is 3.01. The zero-order valence-electron chi connectivity index (χ0n) is 12.0. The molecule has 1 atom stereocenters. The standard InChI is InChI=1S/C14H14BrN3O4/c1-8(9-5-3-4-6-10(9)15)16-11(19)7-18-13(21)12(20)17(2)14(18)22/h3-6,8H,7H2,1-2H3,(H,16,19)/t8-/m1/s1. The van der Waals surface area contributed by atoms with Gasteiger partial charge in [-0.3, -0.25) is 19.3 Å². The Labute approximate surface area is 135 Å². The Morgan fingerprint density at radius 3 is 2.41 bits per heavy atom. The summed E-state index contributed by atoms with van der Waals surface area (Å²) in [5.41, 5.74) is 0.864. The van der Waals surface area contributed by atoms with Gasteiger partial charge in [0.05, 0.1) is 6.04 Å². The summed E-state index contributed by atoms with van der Waals surface area (Å²) in [6.07, 6.45) is 0. The summed E-state index contributed by atoms with van der Waals surface area (Å²) >= 11 is 3.39. The fourth-order valence-corrected chi connectivity index (χ4v) is 2.72. The summed E-state index contributed by atoms with van der Waals surface area (Å²) in [5, 5.41) is 2.69. The molecule has 1 fully saturated rings. The Kier molecular flexibility index (Phi) is 4.60. The molecule has 1 aromatic carbocycles. The molecular formula is C14H14BrN3O4. The number of hydrogen-bond donors (Lipinski definition) is 1. The minimum absolute atomic E-state index is 0.315. The van der Waals surface area contributed by atoms with E-state index in [-0.39, 0.29) is 6.04 Å². The van der Waals surface area contributed by atoms with Crippen molar-refractivity contribution in [3.8, 4) is 0 Å². The van der Waals surface area contributed by atoms with Gasteiger partial charge in [0.1, 0.15) is 6.54 Å². The topological polar surface area (TPSA) is 86.8 Å². The van der Waals surface area contributed by atoms with Crippen LogP contribution in [0.1, 0.15) is 18.5 Å². The van der Waals surface area contributed by atoms with Crippen molar-refractivity contribution in [3.05, 3.63) is 34.3 Å². The SMILES string of the molecule is C[C@@H](NC(=O)CN1C(=O)C(=O)N(C)C1=O)c1ccccc1Br. The quantitative estimate of drug-likeness (QED) is 0.636. The van der Waals surface area contributed by atoms with Crippen molar-refractivity contribution >= 4 is 39.7 Å². The molecule has 8 heteroatoms. The van der Waals surface area contributed by atoms with Crippen LogP contribution in [-0.2, 0) is 14.4 Å². The number of nitrogens with one attached hydrogen (secondary N) is 1. The number of hydrogen-bond acceptors (Lipinski definition) is 4. The monoisotopic (exact) mass is 367 g/mol. The zero-order chi connectivity index (χ0) is 16.4. The molecule has 0 spiro atoms. The van der Waals surface area contributed by atoms with Gasteiger partial charge in [0.2, 0.25) is 5.91 Å². The first-order valence-corrected chi connectivity index (χ1v) is 7.29. The molecule has 0 aromatic heterocycles. The van der Waals surface area contributed by atoms with E-state index in [2.05, 4.69) is 21.2 Å². The van der Waals surface area contributed by atoms with E-state index >= 15 is 0 Å². The first-order valence-electron chi connectivity index (χ1n) is 6.50. The molecule has 0 radical (unpaired) electrons. The summed E-state index contributed by atoms with van der Waals surface area (Å²) in [4.78, 5) is 48.0. The summed E-state index contributed by atoms with van der Waals surface area (Å²) in [6.45, 7) is 1.30. The Hall–Kier alpha value is -2.22. The molecule has 1 aliphatic heterocycles. The molecule has 5 amide bonds. The highest BCUT2D eigenvalue weighted by molar-refractivity contribution is 9.10. The van der Waals surface area contributed by atoms with Crippen molar-refractivity contribution in [2.75, 3.05) is 13.6 Å². The number of carbonyl (C=O) groups excluding carboxylic acids is 4. The number of nitrogens with zero attached hydrogens (tertiary/aromatic N) is 2. The average molecular weight is 368 g/mol. The van der Waals surface area contributed by atoms with Gasteiger partial charge in [-0.05, 0) is 18.6 Å². The second-order valence-corrected chi connectivity index (χ2v) is 5.70. The van der Waals surface area contributed by atoms with Crippen LogP contribution in [0.25, 0.3) is 0 Å². The lowest BCUT2D eigenvalue weighted by molar-refractivity contribution is -0.143. The second-order valence-electron chi connectivity index (χ2n) is 4.85. The molecule has 22 heavy (non-hydrogen) atoms. The van der Waals surface area contributed by atoms with Gasteiger partial charge in [0.15, 0.2) is 0 Å². The number of carbonyl (C=O) groups is 4. The number of likely N-dealkylation sites (N-methyl/N-ethyl adjacent to an activating group) is 1. The molecule has 1 saturated heterocycles. The van der Waals surface area contributed by atoms with Gasteiger partial charge >= 0.3 is 17.8 Å². The third-order valence-electron chi connectivity index (χ3n) is 3.30. The van der Waals surface area contributed by atoms with E-state index in [0.717, 1.165) is 10.0 Å². The number of rotatable bonds is 4. The van der Waals surface area contributed by atoms with Gasteiger partial charge in [-0.1, -0.05) is 34.1 Å². The Morgan fingerprint density at radius 2 is 1.86 bits per heavy atom. The van der Waals surface area contributed by atoms with Crippen molar-refractivity contribution in [1.29, 1.82) is 0 Å². The molecule has 7 nitrogen and oxygen atoms in total. The molecule has 2 rings (SSSR count). The van der Waals surface area contributed by atoms with Crippen LogP contribution in [0, 0.1) is 0 Å². The van der Waals surface area contributed by atoms with Crippen molar-refractivity contribution in [1.82, 2.24) is 15.1 Å². The Morgan fingerprint density at radius 1 is 1.23 bits per heavy atom. The van der Waals surface area contributed by atoms with Crippen LogP contribution in [0.3, 0.4) is 0 Å². The van der Waals surface area contributed by atoms with E-state index in [1.165, 1.54) is 7.05 Å². The summed E-state index contributed by atoms with van der Waals surface area (Å²) in [7, 11) is 1.20. The highest BCUT2D eigenvalue weighted by Crippen LogP contribution is 2.22. The van der Waals surface area contributed by atoms with E-state index < -0.39 is 30.3 Å². The van der Waals surface area contributed by atoms with Gasteiger partial charge in [0, 0.05) is 11.5 Å². The van der Waals surface area contributed by atoms with Gasteiger partial charge in [0.25, 0.3) is 0 Å². The third-order valence-corrected chi connectivity index (χ3v) is 4.02. The number of halogens is 1. The fraction of sp³-hybridized carbons (Fsp3) is 0.286. The molecule has 116 valence electrons. The molecular weight excluding hydrogens is 354 g/mol. The van der Waals surface area contributed by atoms with E-state index in [0.29, 0.717) is 9.80 Å². The lowest BCUT2D eigenvalue weighted by atomic mass is 10.1. The number of imide groups is 2. The number of urea groups is 1. The van der Waals surface area contributed by atoms with Crippen molar-refractivity contribution in [2.24, 2.45) is 0 Å². The molecule has 1 heterocycles. The summed E-state index contributed by atoms with van der Waals surface area (Å²) < 4.78 is 0.839. The van der Waals surface area contributed by atoms with E-state index in [9.17, 15) is 19.2 Å². The van der Waals surface area contributed by atoms with Crippen molar-refractivity contribution in [3.63, 3.8) is 0 Å². The van der Waals surface area contributed by atoms with Crippen LogP contribution in [0.2, 0.25) is 0 Å². The number of amides is 5. The highest BCUT2D eigenvalue weighted by atomic mass is 79.9. The second kappa shape index (κ2) is 6.27. The van der Waals surface area contributed by atoms with Gasteiger partial charge in [-0.25, -0.2) is 9.69 Å². The fourth-order valence-electron chi connectivity index (χ4n) is 2.09. The molecule has 1 aromatic rings. The molecule has 1 aliphatic rings. The van der Waals surface area contributed by atoms with E-state index in [4.69, 9.17) is 0 Å². The smallest absolute Gasteiger partial charge is 0.334 e. The van der Waals surface area contributed by atoms with Crippen LogP contribution in [0.15, 0.2) is 28.7 Å². The van der Waals surface area contributed by atoms with Gasteiger partial charge in [-0.15, -0.1) is 0 Å². The van der Waals surface area contributed by atoms with Crippen LogP contribution in [-0.4, -0.2) is 47.1 Å². The van der Waals surface area contributed by atoms with Crippen LogP contribution >= 0.6 is 15.9 Å². The molecule has 1 N–H and O–H groups in total. The summed E-state index contributed by atoms with van der Waals surface area (Å²) in [6, 6.07) is 6.27. The van der Waals surface area contributed by atoms with Gasteiger partial charge in [-0.2, -0.15) is 0 Å². The maximum atomic E-state index is 12.0. The largest absolute Gasteiger partial charge is 0.348 e. The molecule has 0 aliphatic carbocycles. The van der Waals surface area contributed by atoms with Crippen molar-refractivity contribution < 1.29 is 19.2 Å². The summed E-state index contributed by atoms with van der Waals surface area (Å²) in [5.74, 6) is -2.44. The van der Waals surface area contributed by atoms with Crippen LogP contribution < -0.4 is 5.32 Å². The molecule has 0 saturated carbocycles. The Bertz CT molecular complexity index is 661. The molecule has 0 unspecified atom stereocenters. The first-order chi connectivity index (χ1) is 10.3. The lowest BCUT2D eigenvalue weighted by Gasteiger charge is -2.18. The minimum Gasteiger partial charge on any atom is -0.348 e. The minimum atomic E-state index is -0.990. The Balaban J connectivity index is 2.02. The first kappa shape index (κ1) is 16.2. The number of benzene rings is 1. The predicted octanol–water partition coefficient (Wildman–Crippen LogP) is 1.05. The van der Waals surface area contributed by atoms with Crippen LogP contribution in [0.5, 0.6) is 0 Å². The van der Waals surface area contributed by atoms with Gasteiger partial charge < -0.3 is 5.32 Å². The predicted molar refractivity (Wildman–Crippen MR) is 80.6 cm³/mol. The van der Waals surface area contributed by atoms with Crippen molar-refractivity contribution in [2.45, 2.75) is 13.0 Å². The van der Waals surface area contributed by atoms with Crippen LogP contribution in [0.4, 0.5) is 4.79 Å².